The summed E-state index contributed by atoms with van der Waals surface area (Å²) in [5, 5.41) is 2.89. The molecule has 1 amide bonds. The van der Waals surface area contributed by atoms with Crippen LogP contribution in [0.25, 0.3) is 0 Å². The summed E-state index contributed by atoms with van der Waals surface area (Å²) in [5.41, 5.74) is 3.05. The van der Waals surface area contributed by atoms with E-state index in [9.17, 15) is 9.18 Å². The molecule has 2 aromatic carbocycles. The average molecular weight is 315 g/mol. The van der Waals surface area contributed by atoms with Gasteiger partial charge in [-0.15, -0.1) is 0 Å². The topological polar surface area (TPSA) is 38.3 Å². The first-order valence-electron chi connectivity index (χ1n) is 7.70. The van der Waals surface area contributed by atoms with E-state index in [1.807, 2.05) is 39.0 Å². The number of carbonyl (C=O) groups is 1. The molecule has 2 rings (SSSR count). The molecule has 0 spiro atoms. The zero-order valence-electron chi connectivity index (χ0n) is 13.7. The van der Waals surface area contributed by atoms with Gasteiger partial charge >= 0.3 is 0 Å². The third-order valence-electron chi connectivity index (χ3n) is 3.68. The highest BCUT2D eigenvalue weighted by Gasteiger charge is 2.10. The second-order valence-electron chi connectivity index (χ2n) is 5.71. The van der Waals surface area contributed by atoms with Crippen LogP contribution in [-0.2, 0) is 4.79 Å². The smallest absolute Gasteiger partial charge is 0.223 e. The Morgan fingerprint density at radius 2 is 1.87 bits per heavy atom. The van der Waals surface area contributed by atoms with Crippen molar-refractivity contribution in [2.45, 2.75) is 33.2 Å². The zero-order chi connectivity index (χ0) is 16.8. The average Bonchev–Trinajstić information content (AvgIpc) is 2.51. The van der Waals surface area contributed by atoms with Gasteiger partial charge in [0.1, 0.15) is 11.6 Å². The number of carbonyl (C=O) groups excluding carboxylic acids is 1. The summed E-state index contributed by atoms with van der Waals surface area (Å²) in [7, 11) is 0. The Kier molecular flexibility index (Phi) is 5.74. The number of hydrogen-bond donors (Lipinski definition) is 1. The summed E-state index contributed by atoms with van der Waals surface area (Å²) in [6.45, 7) is 6.18. The summed E-state index contributed by atoms with van der Waals surface area (Å²) in [5.74, 6) is 0.436. The normalized spacial score (nSPS) is 11.8. The van der Waals surface area contributed by atoms with Crippen LogP contribution in [0.2, 0.25) is 0 Å². The molecule has 122 valence electrons. The van der Waals surface area contributed by atoms with Gasteiger partial charge in [0.05, 0.1) is 19.1 Å². The van der Waals surface area contributed by atoms with E-state index in [0.29, 0.717) is 6.61 Å². The van der Waals surface area contributed by atoms with Gasteiger partial charge in [0.25, 0.3) is 0 Å². The number of nitrogens with one attached hydrogen (secondary N) is 1. The molecule has 0 aromatic heterocycles. The maximum atomic E-state index is 12.9. The van der Waals surface area contributed by atoms with Gasteiger partial charge in [-0.2, -0.15) is 0 Å². The van der Waals surface area contributed by atoms with Crippen LogP contribution in [0.4, 0.5) is 4.39 Å². The Hall–Kier alpha value is -2.36. The van der Waals surface area contributed by atoms with Crippen LogP contribution >= 0.6 is 0 Å². The van der Waals surface area contributed by atoms with Crippen LogP contribution in [0.1, 0.15) is 36.1 Å². The van der Waals surface area contributed by atoms with Crippen molar-refractivity contribution in [3.05, 3.63) is 65.0 Å². The number of hydrogen-bond acceptors (Lipinski definition) is 2. The molecule has 1 N–H and O–H groups in total. The first-order chi connectivity index (χ1) is 11.0. The fourth-order valence-corrected chi connectivity index (χ4v) is 2.26. The number of halogens is 1. The molecule has 23 heavy (non-hydrogen) atoms. The fourth-order valence-electron chi connectivity index (χ4n) is 2.26. The van der Waals surface area contributed by atoms with Crippen molar-refractivity contribution in [1.82, 2.24) is 5.32 Å². The van der Waals surface area contributed by atoms with E-state index >= 15 is 0 Å². The Labute approximate surface area is 136 Å². The minimum Gasteiger partial charge on any atom is -0.493 e. The molecule has 4 heteroatoms. The van der Waals surface area contributed by atoms with Gasteiger partial charge in [0.2, 0.25) is 5.91 Å². The van der Waals surface area contributed by atoms with Crippen LogP contribution in [0.15, 0.2) is 42.5 Å². The lowest BCUT2D eigenvalue weighted by molar-refractivity contribution is -0.122. The Balaban J connectivity index is 1.81. The molecule has 0 radical (unpaired) electrons. The number of aryl methyl sites for hydroxylation is 2. The van der Waals surface area contributed by atoms with E-state index in [1.165, 1.54) is 12.1 Å². The minimum absolute atomic E-state index is 0.0906. The van der Waals surface area contributed by atoms with Crippen molar-refractivity contribution in [1.29, 1.82) is 0 Å². The third-order valence-corrected chi connectivity index (χ3v) is 3.68. The van der Waals surface area contributed by atoms with Crippen molar-refractivity contribution in [2.24, 2.45) is 0 Å². The Morgan fingerprint density at radius 1 is 1.17 bits per heavy atom. The summed E-state index contributed by atoms with van der Waals surface area (Å²) >= 11 is 0. The summed E-state index contributed by atoms with van der Waals surface area (Å²) < 4.78 is 18.6. The molecule has 0 saturated heterocycles. The minimum atomic E-state index is -0.283. The number of benzene rings is 2. The number of amides is 1. The van der Waals surface area contributed by atoms with Crippen molar-refractivity contribution in [3.63, 3.8) is 0 Å². The second-order valence-corrected chi connectivity index (χ2v) is 5.71. The molecular weight excluding hydrogens is 293 g/mol. The third kappa shape index (κ3) is 5.09. The Bertz CT molecular complexity index is 668. The van der Waals surface area contributed by atoms with Gasteiger partial charge in [-0.1, -0.05) is 24.3 Å². The van der Waals surface area contributed by atoms with Crippen molar-refractivity contribution < 1.29 is 13.9 Å². The first-order valence-corrected chi connectivity index (χ1v) is 7.70. The number of ether oxygens (including phenoxy) is 1. The zero-order valence-corrected chi connectivity index (χ0v) is 13.7. The summed E-state index contributed by atoms with van der Waals surface area (Å²) in [6, 6.07) is 12.0. The molecule has 0 aliphatic heterocycles. The molecule has 0 unspecified atom stereocenters. The molecular formula is C19H22FNO2. The van der Waals surface area contributed by atoms with Crippen molar-refractivity contribution >= 4 is 5.91 Å². The lowest BCUT2D eigenvalue weighted by atomic mass is 10.1. The molecule has 0 saturated carbocycles. The number of rotatable bonds is 6. The van der Waals surface area contributed by atoms with Crippen LogP contribution in [0.5, 0.6) is 5.75 Å². The van der Waals surface area contributed by atoms with E-state index < -0.39 is 0 Å². The molecule has 0 heterocycles. The van der Waals surface area contributed by atoms with Gasteiger partial charge in [0.15, 0.2) is 0 Å². The van der Waals surface area contributed by atoms with Gasteiger partial charge in [-0.25, -0.2) is 4.39 Å². The standard InChI is InChI=1S/C19H22FNO2/c1-13-4-5-14(2)18(12-13)23-11-10-19(22)21-15(3)16-6-8-17(20)9-7-16/h4-9,12,15H,10-11H2,1-3H3,(H,21,22)/t15-/m1/s1. The molecule has 0 aliphatic carbocycles. The van der Waals surface area contributed by atoms with Crippen LogP contribution in [0, 0.1) is 19.7 Å². The first kappa shape index (κ1) is 17.0. The van der Waals surface area contributed by atoms with Gasteiger partial charge in [-0.3, -0.25) is 4.79 Å². The monoisotopic (exact) mass is 315 g/mol. The van der Waals surface area contributed by atoms with Crippen LogP contribution in [-0.4, -0.2) is 12.5 Å². The van der Waals surface area contributed by atoms with Gasteiger partial charge in [-0.05, 0) is 55.7 Å². The molecule has 1 atom stereocenters. The van der Waals surface area contributed by atoms with E-state index in [0.717, 1.165) is 22.4 Å². The highest BCUT2D eigenvalue weighted by molar-refractivity contribution is 5.76. The quantitative estimate of drug-likeness (QED) is 0.872. The second kappa shape index (κ2) is 7.77. The van der Waals surface area contributed by atoms with Crippen LogP contribution < -0.4 is 10.1 Å². The molecule has 0 fully saturated rings. The SMILES string of the molecule is Cc1ccc(C)c(OCCC(=O)N[C@H](C)c2ccc(F)cc2)c1. The maximum Gasteiger partial charge on any atom is 0.223 e. The lowest BCUT2D eigenvalue weighted by Gasteiger charge is -2.15. The Morgan fingerprint density at radius 3 is 2.57 bits per heavy atom. The summed E-state index contributed by atoms with van der Waals surface area (Å²) in [4.78, 5) is 12.0. The van der Waals surface area contributed by atoms with E-state index in [2.05, 4.69) is 5.32 Å². The van der Waals surface area contributed by atoms with Gasteiger partial charge < -0.3 is 10.1 Å². The van der Waals surface area contributed by atoms with E-state index in [1.54, 1.807) is 12.1 Å². The van der Waals surface area contributed by atoms with Crippen molar-refractivity contribution in [3.8, 4) is 5.75 Å². The largest absolute Gasteiger partial charge is 0.493 e. The molecule has 2 aromatic rings. The highest BCUT2D eigenvalue weighted by Crippen LogP contribution is 2.19. The predicted molar refractivity (Wildman–Crippen MR) is 89.0 cm³/mol. The highest BCUT2D eigenvalue weighted by atomic mass is 19.1. The van der Waals surface area contributed by atoms with Crippen LogP contribution in [0.3, 0.4) is 0 Å². The molecule has 0 aliphatic rings. The molecule has 3 nitrogen and oxygen atoms in total. The summed E-state index contributed by atoms with van der Waals surface area (Å²) in [6.07, 6.45) is 0.277. The lowest BCUT2D eigenvalue weighted by Crippen LogP contribution is -2.27. The maximum absolute atomic E-state index is 12.9. The van der Waals surface area contributed by atoms with Crippen molar-refractivity contribution in [2.75, 3.05) is 6.61 Å². The predicted octanol–water partition coefficient (Wildman–Crippen LogP) is 4.09. The van der Waals surface area contributed by atoms with Gasteiger partial charge in [0, 0.05) is 0 Å². The fraction of sp³-hybridized carbons (Fsp3) is 0.316. The van der Waals surface area contributed by atoms with E-state index in [-0.39, 0.29) is 24.2 Å². The molecule has 0 bridgehead atoms. The van der Waals surface area contributed by atoms with E-state index in [4.69, 9.17) is 4.74 Å².